The number of hydrogen-bond donors (Lipinski definition) is 0. The van der Waals surface area contributed by atoms with Gasteiger partial charge in [-0.05, 0) is 19.9 Å². The van der Waals surface area contributed by atoms with Crippen molar-refractivity contribution in [2.75, 3.05) is 50.7 Å². The average molecular weight is 418 g/mol. The molecule has 4 rings (SSSR count). The average Bonchev–Trinajstić information content (AvgIpc) is 3.18. The molecule has 2 fully saturated rings. The molecule has 8 heteroatoms. The summed E-state index contributed by atoms with van der Waals surface area (Å²) in [5.74, 6) is 0.523. The number of nitrogens with zero attached hydrogens (tertiary/aromatic N) is 5. The Bertz CT molecular complexity index is 817. The Morgan fingerprint density at radius 3 is 2.72 bits per heavy atom. The molecule has 1 aromatic rings. The molecule has 1 aromatic heterocycles. The number of ether oxygens (including phenoxy) is 1. The molecule has 0 bridgehead atoms. The van der Waals surface area contributed by atoms with E-state index in [0.717, 1.165) is 44.8 Å². The zero-order valence-corrected chi connectivity index (χ0v) is 17.8. The highest BCUT2D eigenvalue weighted by Crippen LogP contribution is 2.26. The summed E-state index contributed by atoms with van der Waals surface area (Å²) in [5, 5.41) is 0.279. The van der Waals surface area contributed by atoms with E-state index < -0.39 is 0 Å². The summed E-state index contributed by atoms with van der Waals surface area (Å²) in [5.41, 5.74) is 1.86. The molecule has 0 aliphatic carbocycles. The number of dihydropyridines is 1. The van der Waals surface area contributed by atoms with Crippen molar-refractivity contribution < 1.29 is 9.53 Å². The quantitative estimate of drug-likeness (QED) is 0.731. The molecule has 29 heavy (non-hydrogen) atoms. The fraction of sp³-hybridized carbons (Fsp3) is 0.571. The molecule has 7 nitrogen and oxygen atoms in total. The van der Waals surface area contributed by atoms with Crippen molar-refractivity contribution in [1.82, 2.24) is 14.8 Å². The molecule has 4 heterocycles. The highest BCUT2D eigenvalue weighted by Gasteiger charge is 2.29. The molecule has 2 saturated heterocycles. The maximum Gasteiger partial charge on any atom is 0.215 e. The first-order valence-electron chi connectivity index (χ1n) is 10.3. The number of aromatic nitrogens is 1. The summed E-state index contributed by atoms with van der Waals surface area (Å²) in [6.07, 6.45) is 4.38. The third-order valence-electron chi connectivity index (χ3n) is 5.82. The molecular formula is C21H28ClN5O2. The molecular weight excluding hydrogens is 390 g/mol. The van der Waals surface area contributed by atoms with Gasteiger partial charge in [0.2, 0.25) is 5.88 Å². The van der Waals surface area contributed by atoms with Crippen LogP contribution in [0.1, 0.15) is 20.3 Å². The number of carbonyl (C=O) groups excluding carboxylic acids is 1. The van der Waals surface area contributed by atoms with Crippen LogP contribution < -0.4 is 9.64 Å². The van der Waals surface area contributed by atoms with Gasteiger partial charge in [0.1, 0.15) is 17.7 Å². The van der Waals surface area contributed by atoms with E-state index in [4.69, 9.17) is 16.3 Å². The number of pyridine rings is 1. The number of allylic oxidation sites excluding steroid dienone is 1. The lowest BCUT2D eigenvalue weighted by molar-refractivity contribution is -0.113. The summed E-state index contributed by atoms with van der Waals surface area (Å²) >= 11 is 6.19. The van der Waals surface area contributed by atoms with Crippen molar-refractivity contribution in [3.8, 4) is 5.88 Å². The normalized spacial score (nSPS) is 23.4. The van der Waals surface area contributed by atoms with Crippen LogP contribution in [0.2, 0.25) is 0 Å². The highest BCUT2D eigenvalue weighted by molar-refractivity contribution is 6.44. The topological polar surface area (TPSA) is 61.3 Å². The van der Waals surface area contributed by atoms with Crippen molar-refractivity contribution in [2.24, 2.45) is 4.99 Å². The molecule has 156 valence electrons. The summed E-state index contributed by atoms with van der Waals surface area (Å²) in [7, 11) is 0. The van der Waals surface area contributed by atoms with Crippen LogP contribution in [0.15, 0.2) is 34.1 Å². The highest BCUT2D eigenvalue weighted by atomic mass is 35.5. The molecule has 0 saturated carbocycles. The fourth-order valence-corrected chi connectivity index (χ4v) is 4.30. The molecule has 3 aliphatic rings. The maximum atomic E-state index is 11.8. The van der Waals surface area contributed by atoms with Crippen molar-refractivity contribution in [3.05, 3.63) is 29.1 Å². The zero-order valence-electron chi connectivity index (χ0n) is 17.1. The zero-order chi connectivity index (χ0) is 20.4. The lowest BCUT2D eigenvalue weighted by Crippen LogP contribution is -2.48. The Kier molecular flexibility index (Phi) is 6.06. The van der Waals surface area contributed by atoms with Gasteiger partial charge in [-0.15, -0.1) is 0 Å². The van der Waals surface area contributed by atoms with Crippen molar-refractivity contribution in [2.45, 2.75) is 32.4 Å². The number of ketones is 1. The summed E-state index contributed by atoms with van der Waals surface area (Å²) in [6, 6.07) is 4.67. The van der Waals surface area contributed by atoms with Crippen LogP contribution in [0.5, 0.6) is 5.88 Å². The summed E-state index contributed by atoms with van der Waals surface area (Å²) in [6.45, 7) is 10.3. The van der Waals surface area contributed by atoms with Gasteiger partial charge in [0.05, 0.1) is 12.2 Å². The Labute approximate surface area is 177 Å². The number of hydrogen-bond acceptors (Lipinski definition) is 7. The van der Waals surface area contributed by atoms with Crippen LogP contribution in [0.25, 0.3) is 0 Å². The van der Waals surface area contributed by atoms with Gasteiger partial charge in [0.25, 0.3) is 0 Å². The van der Waals surface area contributed by atoms with E-state index in [1.54, 1.807) is 6.21 Å². The van der Waals surface area contributed by atoms with Gasteiger partial charge in [-0.1, -0.05) is 11.6 Å². The van der Waals surface area contributed by atoms with Gasteiger partial charge >= 0.3 is 0 Å². The second kappa shape index (κ2) is 8.71. The standard InChI is InChI=1S/C21H28ClN5O2/c1-15(2)25-7-9-26(10-8-25)16-3-5-24-20(11-16)29-17-4-6-27(14-17)18-12-23-13-19(28)21(18)22/h3,5,11-12,15,17H,4,6-10,13-14H2,1-2H3/t17-/m1/s1. The first kappa shape index (κ1) is 20.2. The van der Waals surface area contributed by atoms with E-state index in [1.807, 2.05) is 18.3 Å². The lowest BCUT2D eigenvalue weighted by Gasteiger charge is -2.38. The third-order valence-corrected chi connectivity index (χ3v) is 6.22. The molecule has 1 atom stereocenters. The maximum absolute atomic E-state index is 11.8. The number of anilines is 1. The molecule has 0 radical (unpaired) electrons. The second-order valence-electron chi connectivity index (χ2n) is 8.04. The van der Waals surface area contributed by atoms with Crippen LogP contribution in [-0.4, -0.2) is 84.7 Å². The molecule has 0 amide bonds. The lowest BCUT2D eigenvalue weighted by atomic mass is 10.2. The largest absolute Gasteiger partial charge is 0.472 e. The van der Waals surface area contributed by atoms with Gasteiger partial charge in [-0.25, -0.2) is 4.98 Å². The number of piperazine rings is 1. The van der Waals surface area contributed by atoms with Crippen LogP contribution in [0.3, 0.4) is 0 Å². The van der Waals surface area contributed by atoms with Crippen LogP contribution in [-0.2, 0) is 4.79 Å². The van der Waals surface area contributed by atoms with E-state index in [-0.39, 0.29) is 23.5 Å². The second-order valence-corrected chi connectivity index (χ2v) is 8.41. The predicted octanol–water partition coefficient (Wildman–Crippen LogP) is 2.17. The van der Waals surface area contributed by atoms with E-state index in [1.165, 1.54) is 0 Å². The molecule has 0 N–H and O–H groups in total. The number of carbonyl (C=O) groups is 1. The smallest absolute Gasteiger partial charge is 0.215 e. The third kappa shape index (κ3) is 4.56. The van der Waals surface area contributed by atoms with Gasteiger partial charge < -0.3 is 14.5 Å². The number of halogens is 1. The van der Waals surface area contributed by atoms with Gasteiger partial charge in [0.15, 0.2) is 5.78 Å². The van der Waals surface area contributed by atoms with E-state index in [9.17, 15) is 4.79 Å². The molecule has 0 aromatic carbocycles. The Morgan fingerprint density at radius 1 is 1.17 bits per heavy atom. The first-order chi connectivity index (χ1) is 14.0. The molecule has 0 unspecified atom stereocenters. The van der Waals surface area contributed by atoms with Gasteiger partial charge in [-0.2, -0.15) is 0 Å². The number of likely N-dealkylation sites (tertiary alicyclic amines) is 1. The minimum atomic E-state index is -0.125. The predicted molar refractivity (Wildman–Crippen MR) is 115 cm³/mol. The molecule has 3 aliphatic heterocycles. The minimum Gasteiger partial charge on any atom is -0.472 e. The van der Waals surface area contributed by atoms with Crippen molar-refractivity contribution >= 4 is 29.3 Å². The number of Topliss-reactive ketones (excluding diaryl/α,β-unsaturated/α-hetero) is 1. The Morgan fingerprint density at radius 2 is 1.97 bits per heavy atom. The van der Waals surface area contributed by atoms with Crippen LogP contribution in [0, 0.1) is 0 Å². The van der Waals surface area contributed by atoms with Gasteiger partial charge in [0, 0.05) is 69.4 Å². The van der Waals surface area contributed by atoms with Gasteiger partial charge in [-0.3, -0.25) is 14.7 Å². The monoisotopic (exact) mass is 417 g/mol. The minimum absolute atomic E-state index is 0.0120. The van der Waals surface area contributed by atoms with E-state index in [0.29, 0.717) is 24.2 Å². The van der Waals surface area contributed by atoms with E-state index in [2.05, 4.69) is 38.5 Å². The number of aliphatic imine (C=N–C) groups is 1. The summed E-state index contributed by atoms with van der Waals surface area (Å²) in [4.78, 5) is 27.3. The first-order valence-corrected chi connectivity index (χ1v) is 10.7. The summed E-state index contributed by atoms with van der Waals surface area (Å²) < 4.78 is 6.16. The fourth-order valence-electron chi connectivity index (χ4n) is 4.08. The van der Waals surface area contributed by atoms with Crippen LogP contribution >= 0.6 is 11.6 Å². The molecule has 0 spiro atoms. The number of rotatable bonds is 5. The van der Waals surface area contributed by atoms with Crippen molar-refractivity contribution in [3.63, 3.8) is 0 Å². The van der Waals surface area contributed by atoms with Crippen molar-refractivity contribution in [1.29, 1.82) is 0 Å². The SMILES string of the molecule is CC(C)N1CCN(c2ccnc(O[C@@H]3CCN(C4=C(Cl)C(=O)CN=C4)C3)c2)CC1. The Balaban J connectivity index is 1.36. The van der Waals surface area contributed by atoms with Crippen LogP contribution in [0.4, 0.5) is 5.69 Å². The Hall–Kier alpha value is -2.12. The van der Waals surface area contributed by atoms with E-state index >= 15 is 0 Å².